The van der Waals surface area contributed by atoms with E-state index in [1.807, 2.05) is 37.6 Å². The van der Waals surface area contributed by atoms with Gasteiger partial charge in [-0.25, -0.2) is 15.0 Å². The number of fused-ring (bicyclic) bond motifs is 1. The lowest BCUT2D eigenvalue weighted by atomic mass is 10.1. The summed E-state index contributed by atoms with van der Waals surface area (Å²) < 4.78 is 1.76. The molecule has 0 aliphatic carbocycles. The van der Waals surface area contributed by atoms with Crippen LogP contribution in [0.25, 0.3) is 22.0 Å². The number of ketones is 1. The van der Waals surface area contributed by atoms with Gasteiger partial charge < -0.3 is 9.80 Å². The second kappa shape index (κ2) is 8.88. The fraction of sp³-hybridized carbons (Fsp3) is 0.292. The van der Waals surface area contributed by atoms with E-state index >= 15 is 0 Å². The van der Waals surface area contributed by atoms with Crippen molar-refractivity contribution in [1.29, 1.82) is 0 Å². The van der Waals surface area contributed by atoms with E-state index in [-0.39, 0.29) is 12.2 Å². The van der Waals surface area contributed by atoms with Gasteiger partial charge in [0.2, 0.25) is 0 Å². The smallest absolute Gasteiger partial charge is 0.172 e. The molecule has 9 heteroatoms. The van der Waals surface area contributed by atoms with Gasteiger partial charge in [-0.3, -0.25) is 9.48 Å². The van der Waals surface area contributed by atoms with Crippen LogP contribution < -0.4 is 4.90 Å². The van der Waals surface area contributed by atoms with Gasteiger partial charge in [0.05, 0.1) is 23.2 Å². The number of aryl methyl sites for hydroxylation is 1. The maximum Gasteiger partial charge on any atom is 0.172 e. The van der Waals surface area contributed by atoms with Crippen LogP contribution in [0.4, 0.5) is 5.82 Å². The average Bonchev–Trinajstić information content (AvgIpc) is 3.26. The van der Waals surface area contributed by atoms with Gasteiger partial charge in [-0.15, -0.1) is 0 Å². The summed E-state index contributed by atoms with van der Waals surface area (Å²) in [5.74, 6) is 1.11. The first-order valence-corrected chi connectivity index (χ1v) is 11.2. The molecular weight excluding hydrogens is 438 g/mol. The molecule has 0 spiro atoms. The van der Waals surface area contributed by atoms with Crippen molar-refractivity contribution in [2.75, 3.05) is 38.1 Å². The van der Waals surface area contributed by atoms with Crippen LogP contribution >= 0.6 is 11.6 Å². The number of halogens is 1. The number of piperazine rings is 1. The summed E-state index contributed by atoms with van der Waals surface area (Å²) in [6.07, 6.45) is 7.15. The van der Waals surface area contributed by atoms with Crippen LogP contribution in [-0.2, 0) is 13.5 Å². The maximum absolute atomic E-state index is 13.1. The van der Waals surface area contributed by atoms with Crippen molar-refractivity contribution >= 4 is 34.1 Å². The Kier molecular flexibility index (Phi) is 5.78. The molecule has 8 nitrogen and oxygen atoms in total. The summed E-state index contributed by atoms with van der Waals surface area (Å²) in [5, 5.41) is 5.49. The standard InChI is InChI=1S/C24H24ClN7O/c1-30-5-7-32(8-6-30)24-10-19(20(25)14-27-24)22(33)11-23-26-12-17-4-3-16(9-21(17)29-23)18-13-28-31(2)15-18/h3-4,9-10,12-15H,5-8,11H2,1-2H3. The van der Waals surface area contributed by atoms with Crippen LogP contribution in [-0.4, -0.2) is 68.6 Å². The Bertz CT molecular complexity index is 1330. The third kappa shape index (κ3) is 4.58. The normalized spacial score (nSPS) is 14.7. The number of nitrogens with zero attached hydrogens (tertiary/aromatic N) is 7. The fourth-order valence-corrected chi connectivity index (χ4v) is 4.19. The van der Waals surface area contributed by atoms with Crippen LogP contribution in [0.15, 0.2) is 49.1 Å². The van der Waals surface area contributed by atoms with E-state index in [1.165, 1.54) is 0 Å². The molecule has 1 fully saturated rings. The number of likely N-dealkylation sites (N-methyl/N-ethyl adjacent to an activating group) is 1. The number of hydrogen-bond acceptors (Lipinski definition) is 7. The van der Waals surface area contributed by atoms with E-state index in [0.717, 1.165) is 54.0 Å². The van der Waals surface area contributed by atoms with Crippen molar-refractivity contribution in [3.63, 3.8) is 0 Å². The second-order valence-electron chi connectivity index (χ2n) is 8.38. The van der Waals surface area contributed by atoms with Gasteiger partial charge in [-0.2, -0.15) is 5.10 Å². The summed E-state index contributed by atoms with van der Waals surface area (Å²) in [7, 11) is 3.99. The largest absolute Gasteiger partial charge is 0.354 e. The lowest BCUT2D eigenvalue weighted by Gasteiger charge is -2.33. The molecule has 0 N–H and O–H groups in total. The Morgan fingerprint density at radius 1 is 1.00 bits per heavy atom. The minimum Gasteiger partial charge on any atom is -0.354 e. The van der Waals surface area contributed by atoms with E-state index in [2.05, 4.69) is 36.9 Å². The highest BCUT2D eigenvalue weighted by atomic mass is 35.5. The first kappa shape index (κ1) is 21.5. The van der Waals surface area contributed by atoms with E-state index in [9.17, 15) is 4.79 Å². The van der Waals surface area contributed by atoms with Crippen LogP contribution in [0, 0.1) is 0 Å². The molecule has 1 aromatic carbocycles. The molecule has 1 aliphatic rings. The molecule has 0 atom stereocenters. The Labute approximate surface area is 196 Å². The number of aromatic nitrogens is 5. The molecule has 0 bridgehead atoms. The van der Waals surface area contributed by atoms with Gasteiger partial charge in [-0.05, 0) is 24.7 Å². The number of carbonyl (C=O) groups is 1. The van der Waals surface area contributed by atoms with Crippen LogP contribution in [0.5, 0.6) is 0 Å². The molecule has 168 valence electrons. The molecule has 4 aromatic rings. The number of Topliss-reactive ketones (excluding diaryl/α,β-unsaturated/α-hetero) is 1. The zero-order valence-corrected chi connectivity index (χ0v) is 19.3. The Balaban J connectivity index is 1.39. The number of benzene rings is 1. The highest BCUT2D eigenvalue weighted by Gasteiger charge is 2.19. The van der Waals surface area contributed by atoms with Crippen molar-refractivity contribution in [3.05, 3.63) is 65.5 Å². The third-order valence-corrected chi connectivity index (χ3v) is 6.26. The lowest BCUT2D eigenvalue weighted by Crippen LogP contribution is -2.44. The molecule has 1 saturated heterocycles. The molecule has 33 heavy (non-hydrogen) atoms. The number of carbonyl (C=O) groups excluding carboxylic acids is 1. The van der Waals surface area contributed by atoms with Gasteiger partial charge >= 0.3 is 0 Å². The summed E-state index contributed by atoms with van der Waals surface area (Å²) in [4.78, 5) is 31.1. The minimum absolute atomic E-state index is 0.0684. The topological polar surface area (TPSA) is 80.0 Å². The summed E-state index contributed by atoms with van der Waals surface area (Å²) in [5.41, 5.74) is 3.26. The third-order valence-electron chi connectivity index (χ3n) is 5.96. The number of anilines is 1. The second-order valence-corrected chi connectivity index (χ2v) is 8.78. The first-order chi connectivity index (χ1) is 16.0. The summed E-state index contributed by atoms with van der Waals surface area (Å²) >= 11 is 6.35. The van der Waals surface area contributed by atoms with Gasteiger partial charge in [0.1, 0.15) is 11.6 Å². The summed E-state index contributed by atoms with van der Waals surface area (Å²) in [6, 6.07) is 7.78. The Morgan fingerprint density at radius 2 is 1.82 bits per heavy atom. The van der Waals surface area contributed by atoms with E-state index in [4.69, 9.17) is 11.6 Å². The SMILES string of the molecule is CN1CCN(c2cc(C(=O)Cc3ncc4ccc(-c5cnn(C)c5)cc4n3)c(Cl)cn2)CC1. The number of rotatable bonds is 5. The lowest BCUT2D eigenvalue weighted by molar-refractivity contribution is 0.0991. The minimum atomic E-state index is -0.124. The summed E-state index contributed by atoms with van der Waals surface area (Å²) in [6.45, 7) is 3.65. The Morgan fingerprint density at radius 3 is 2.58 bits per heavy atom. The van der Waals surface area contributed by atoms with Crippen molar-refractivity contribution in [2.24, 2.45) is 7.05 Å². The molecule has 4 heterocycles. The molecule has 0 amide bonds. The van der Waals surface area contributed by atoms with Crippen LogP contribution in [0.3, 0.4) is 0 Å². The molecular formula is C24H24ClN7O. The van der Waals surface area contributed by atoms with Crippen molar-refractivity contribution in [1.82, 2.24) is 29.6 Å². The van der Waals surface area contributed by atoms with Crippen molar-refractivity contribution in [3.8, 4) is 11.1 Å². The maximum atomic E-state index is 13.1. The van der Waals surface area contributed by atoms with Crippen LogP contribution in [0.2, 0.25) is 5.02 Å². The van der Waals surface area contributed by atoms with Gasteiger partial charge in [0.15, 0.2) is 5.78 Å². The molecule has 0 unspecified atom stereocenters. The molecule has 5 rings (SSSR count). The van der Waals surface area contributed by atoms with E-state index in [1.54, 1.807) is 23.1 Å². The fourth-order valence-electron chi connectivity index (χ4n) is 3.99. The predicted octanol–water partition coefficient (Wildman–Crippen LogP) is 3.26. The predicted molar refractivity (Wildman–Crippen MR) is 129 cm³/mol. The molecule has 3 aromatic heterocycles. The van der Waals surface area contributed by atoms with E-state index < -0.39 is 0 Å². The molecule has 0 saturated carbocycles. The van der Waals surface area contributed by atoms with Gasteiger partial charge in [0.25, 0.3) is 0 Å². The van der Waals surface area contributed by atoms with Crippen molar-refractivity contribution < 1.29 is 4.79 Å². The molecule has 0 radical (unpaired) electrons. The highest BCUT2D eigenvalue weighted by Crippen LogP contribution is 2.25. The Hall–Kier alpha value is -3.36. The average molecular weight is 462 g/mol. The van der Waals surface area contributed by atoms with E-state index in [0.29, 0.717) is 16.4 Å². The zero-order valence-electron chi connectivity index (χ0n) is 18.6. The first-order valence-electron chi connectivity index (χ1n) is 10.8. The quantitative estimate of drug-likeness (QED) is 0.422. The highest BCUT2D eigenvalue weighted by molar-refractivity contribution is 6.34. The van der Waals surface area contributed by atoms with Crippen LogP contribution in [0.1, 0.15) is 16.2 Å². The van der Waals surface area contributed by atoms with Gasteiger partial charge in [-0.1, -0.05) is 23.7 Å². The number of pyridine rings is 1. The van der Waals surface area contributed by atoms with Crippen molar-refractivity contribution in [2.45, 2.75) is 6.42 Å². The van der Waals surface area contributed by atoms with Gasteiger partial charge in [0, 0.05) is 68.3 Å². The zero-order chi connectivity index (χ0) is 22.9. The molecule has 1 aliphatic heterocycles. The monoisotopic (exact) mass is 461 g/mol. The number of hydrogen-bond donors (Lipinski definition) is 0.